The first-order valence-corrected chi connectivity index (χ1v) is 11.2. The van der Waals surface area contributed by atoms with E-state index < -0.39 is 0 Å². The molecule has 33 heavy (non-hydrogen) atoms. The molecule has 0 fully saturated rings. The molecule has 7 heteroatoms. The number of ether oxygens (including phenoxy) is 2. The van der Waals surface area contributed by atoms with Crippen LogP contribution in [0.15, 0.2) is 53.9 Å². The number of hydrogen-bond acceptors (Lipinski definition) is 6. The Bertz CT molecular complexity index is 1360. The number of rotatable bonds is 8. The number of Topliss-reactive ketones (excluding diaryl/α,β-unsaturated/α-hetero) is 2. The average molecular weight is 464 g/mol. The van der Waals surface area contributed by atoms with Crippen molar-refractivity contribution < 1.29 is 23.5 Å². The second kappa shape index (κ2) is 9.50. The summed E-state index contributed by atoms with van der Waals surface area (Å²) in [6, 6.07) is 13.4. The smallest absolute Gasteiger partial charge is 0.181 e. The van der Waals surface area contributed by atoms with E-state index in [-0.39, 0.29) is 35.9 Å². The van der Waals surface area contributed by atoms with Gasteiger partial charge in [0.05, 0.1) is 24.6 Å². The number of methoxy groups -OCH3 is 2. The molecule has 2 heterocycles. The van der Waals surface area contributed by atoms with Crippen molar-refractivity contribution in [2.45, 2.75) is 19.8 Å². The highest BCUT2D eigenvalue weighted by Crippen LogP contribution is 2.36. The minimum Gasteiger partial charge on any atom is -0.493 e. The van der Waals surface area contributed by atoms with Gasteiger partial charge in [-0.25, -0.2) is 9.37 Å². The first-order valence-electron chi connectivity index (χ1n) is 10.3. The topological polar surface area (TPSA) is 65.5 Å². The molecule has 2 aromatic heterocycles. The van der Waals surface area contributed by atoms with E-state index >= 15 is 0 Å². The quantitative estimate of drug-likeness (QED) is 0.288. The van der Waals surface area contributed by atoms with Gasteiger partial charge in [0.2, 0.25) is 0 Å². The molecule has 0 aliphatic carbocycles. The van der Waals surface area contributed by atoms with Crippen molar-refractivity contribution in [3.8, 4) is 22.8 Å². The Morgan fingerprint density at radius 1 is 0.970 bits per heavy atom. The first kappa shape index (κ1) is 22.6. The minimum atomic E-state index is -0.276. The van der Waals surface area contributed by atoms with Crippen molar-refractivity contribution in [2.24, 2.45) is 0 Å². The van der Waals surface area contributed by atoms with Gasteiger partial charge in [0.1, 0.15) is 11.5 Å². The molecule has 2 aromatic carbocycles. The Morgan fingerprint density at radius 3 is 2.48 bits per heavy atom. The molecule has 5 nitrogen and oxygen atoms in total. The Labute approximate surface area is 194 Å². The number of carbonyl (C=O) groups excluding carboxylic acids is 2. The van der Waals surface area contributed by atoms with Crippen LogP contribution in [0.25, 0.3) is 21.3 Å². The molecule has 0 radical (unpaired) electrons. The van der Waals surface area contributed by atoms with Crippen molar-refractivity contribution in [1.29, 1.82) is 0 Å². The van der Waals surface area contributed by atoms with Crippen LogP contribution < -0.4 is 9.47 Å². The molecule has 0 aliphatic rings. The van der Waals surface area contributed by atoms with Gasteiger partial charge in [-0.15, -0.1) is 11.3 Å². The maximum Gasteiger partial charge on any atom is 0.181 e. The predicted molar refractivity (Wildman–Crippen MR) is 127 cm³/mol. The second-order valence-electron chi connectivity index (χ2n) is 7.54. The summed E-state index contributed by atoms with van der Waals surface area (Å²) in [5, 5.41) is 2.63. The van der Waals surface area contributed by atoms with E-state index in [2.05, 4.69) is 4.98 Å². The number of hydrogen-bond donors (Lipinski definition) is 0. The zero-order valence-electron chi connectivity index (χ0n) is 18.5. The Hall–Kier alpha value is -3.58. The van der Waals surface area contributed by atoms with Crippen LogP contribution in [0.3, 0.4) is 0 Å². The summed E-state index contributed by atoms with van der Waals surface area (Å²) in [6.07, 6.45) is 0.0769. The van der Waals surface area contributed by atoms with Crippen LogP contribution in [-0.4, -0.2) is 30.8 Å². The minimum absolute atomic E-state index is 0.0295. The van der Waals surface area contributed by atoms with Crippen LogP contribution in [0.5, 0.6) is 11.5 Å². The third-order valence-electron chi connectivity index (χ3n) is 5.47. The van der Waals surface area contributed by atoms with Crippen molar-refractivity contribution >= 4 is 33.0 Å². The molecule has 0 saturated carbocycles. The molecule has 0 bridgehead atoms. The summed E-state index contributed by atoms with van der Waals surface area (Å²) in [5.41, 5.74) is 3.06. The summed E-state index contributed by atoms with van der Waals surface area (Å²) in [7, 11) is 3.03. The summed E-state index contributed by atoms with van der Waals surface area (Å²) in [4.78, 5) is 30.1. The number of pyridine rings is 1. The zero-order chi connectivity index (χ0) is 23.5. The summed E-state index contributed by atoms with van der Waals surface area (Å²) >= 11 is 1.31. The fraction of sp³-hybridized carbons (Fsp3) is 0.192. The maximum absolute atomic E-state index is 14.1. The Balaban J connectivity index is 1.54. The molecule has 168 valence electrons. The number of thiophene rings is 1. The summed E-state index contributed by atoms with van der Waals surface area (Å²) in [6.45, 7) is 1.90. The van der Waals surface area contributed by atoms with Crippen LogP contribution in [0, 0.1) is 12.7 Å². The van der Waals surface area contributed by atoms with Gasteiger partial charge in [0.15, 0.2) is 23.1 Å². The molecule has 4 aromatic rings. The summed E-state index contributed by atoms with van der Waals surface area (Å²) < 4.78 is 25.1. The average Bonchev–Trinajstić information content (AvgIpc) is 3.27. The molecule has 0 atom stereocenters. The van der Waals surface area contributed by atoms with E-state index in [0.29, 0.717) is 27.5 Å². The molecular weight excluding hydrogens is 441 g/mol. The lowest BCUT2D eigenvalue weighted by Gasteiger charge is -2.09. The number of nitrogens with zero attached hydrogens (tertiary/aromatic N) is 1. The van der Waals surface area contributed by atoms with Gasteiger partial charge < -0.3 is 9.47 Å². The van der Waals surface area contributed by atoms with E-state index in [1.54, 1.807) is 30.3 Å². The number of aryl methyl sites for hydroxylation is 1. The monoisotopic (exact) mass is 463 g/mol. The second-order valence-corrected chi connectivity index (χ2v) is 8.42. The van der Waals surface area contributed by atoms with E-state index in [0.717, 1.165) is 16.5 Å². The number of carbonyl (C=O) groups is 2. The maximum atomic E-state index is 14.1. The molecular formula is C26H22FNO4S. The number of aromatic nitrogens is 1. The van der Waals surface area contributed by atoms with Crippen LogP contribution in [0.1, 0.15) is 39.3 Å². The molecule has 0 aliphatic heterocycles. The lowest BCUT2D eigenvalue weighted by atomic mass is 10.0. The van der Waals surface area contributed by atoms with E-state index in [1.165, 1.54) is 31.6 Å². The van der Waals surface area contributed by atoms with Crippen LogP contribution in [0.2, 0.25) is 0 Å². The van der Waals surface area contributed by atoms with Gasteiger partial charge in [-0.1, -0.05) is 18.2 Å². The van der Waals surface area contributed by atoms with Gasteiger partial charge in [-0.3, -0.25) is 9.59 Å². The number of ketones is 2. The third kappa shape index (κ3) is 4.50. The molecule has 0 amide bonds. The normalized spacial score (nSPS) is 10.9. The molecule has 0 unspecified atom stereocenters. The highest BCUT2D eigenvalue weighted by molar-refractivity contribution is 7.17. The summed E-state index contributed by atoms with van der Waals surface area (Å²) in [5.74, 6) is 0.315. The molecule has 0 N–H and O–H groups in total. The Morgan fingerprint density at radius 2 is 1.73 bits per heavy atom. The standard InChI is InChI=1S/C26H22FNO4S/c1-15-7-9-20(28-25(15)18-14-33-26-17(18)5-4-6-19(26)27)22(30)11-10-21(29)16-8-12-23(31-2)24(13-16)32-3/h4-9,12-14H,10-11H2,1-3H3. The first-order chi connectivity index (χ1) is 15.9. The largest absolute Gasteiger partial charge is 0.493 e. The van der Waals surface area contributed by atoms with Gasteiger partial charge in [0.25, 0.3) is 0 Å². The third-order valence-corrected chi connectivity index (χ3v) is 6.48. The highest BCUT2D eigenvalue weighted by atomic mass is 32.1. The van der Waals surface area contributed by atoms with Crippen LogP contribution in [-0.2, 0) is 0 Å². The fourth-order valence-electron chi connectivity index (χ4n) is 3.67. The lowest BCUT2D eigenvalue weighted by Crippen LogP contribution is -2.08. The van der Waals surface area contributed by atoms with E-state index in [1.807, 2.05) is 24.4 Å². The van der Waals surface area contributed by atoms with Crippen molar-refractivity contribution in [2.75, 3.05) is 14.2 Å². The van der Waals surface area contributed by atoms with Gasteiger partial charge in [-0.05, 0) is 42.8 Å². The van der Waals surface area contributed by atoms with Gasteiger partial charge in [-0.2, -0.15) is 0 Å². The Kier molecular flexibility index (Phi) is 6.51. The number of halogens is 1. The zero-order valence-corrected chi connectivity index (χ0v) is 19.3. The van der Waals surface area contributed by atoms with E-state index in [9.17, 15) is 14.0 Å². The lowest BCUT2D eigenvalue weighted by molar-refractivity contribution is 0.0915. The van der Waals surface area contributed by atoms with Crippen molar-refractivity contribution in [1.82, 2.24) is 4.98 Å². The van der Waals surface area contributed by atoms with Crippen molar-refractivity contribution in [3.63, 3.8) is 0 Å². The number of fused-ring (bicyclic) bond motifs is 1. The van der Waals surface area contributed by atoms with Crippen LogP contribution in [0.4, 0.5) is 4.39 Å². The number of benzene rings is 2. The molecule has 0 spiro atoms. The van der Waals surface area contributed by atoms with Gasteiger partial charge in [0, 0.05) is 34.7 Å². The fourth-order valence-corrected chi connectivity index (χ4v) is 4.63. The molecule has 4 rings (SSSR count). The molecule has 0 saturated heterocycles. The van der Waals surface area contributed by atoms with E-state index in [4.69, 9.17) is 9.47 Å². The predicted octanol–water partition coefficient (Wildman–Crippen LogP) is 6.27. The SMILES string of the molecule is COc1ccc(C(=O)CCC(=O)c2ccc(C)c(-c3csc4c(F)cccc34)n2)cc1OC. The van der Waals surface area contributed by atoms with Crippen LogP contribution >= 0.6 is 11.3 Å². The highest BCUT2D eigenvalue weighted by Gasteiger charge is 2.17. The van der Waals surface area contributed by atoms with Crippen molar-refractivity contribution in [3.05, 3.63) is 76.5 Å². The van der Waals surface area contributed by atoms with Gasteiger partial charge >= 0.3 is 0 Å².